The summed E-state index contributed by atoms with van der Waals surface area (Å²) in [6, 6.07) is 6.71. The van der Waals surface area contributed by atoms with Crippen molar-refractivity contribution in [3.8, 4) is 5.75 Å². The van der Waals surface area contributed by atoms with E-state index in [2.05, 4.69) is 35.8 Å². The van der Waals surface area contributed by atoms with Crippen LogP contribution in [0.3, 0.4) is 0 Å². The van der Waals surface area contributed by atoms with E-state index < -0.39 is 0 Å². The van der Waals surface area contributed by atoms with Crippen LogP contribution in [0.15, 0.2) is 24.3 Å². The second-order valence-electron chi connectivity index (χ2n) is 4.14. The maximum absolute atomic E-state index is 13.4. The quantitative estimate of drug-likeness (QED) is 0.720. The monoisotopic (exact) mass is 328 g/mol. The number of thiophene rings is 1. The van der Waals surface area contributed by atoms with Gasteiger partial charge < -0.3 is 4.74 Å². The fourth-order valence-electron chi connectivity index (χ4n) is 1.78. The Morgan fingerprint density at radius 3 is 2.56 bits per heavy atom. The van der Waals surface area contributed by atoms with E-state index in [1.54, 1.807) is 24.5 Å². The van der Waals surface area contributed by atoms with Crippen molar-refractivity contribution in [2.45, 2.75) is 18.7 Å². The number of ether oxygens (including phenoxy) is 1. The molecule has 1 unspecified atom stereocenters. The highest BCUT2D eigenvalue weighted by atomic mass is 79.9. The molecule has 0 bridgehead atoms. The molecule has 1 heterocycles. The van der Waals surface area contributed by atoms with Gasteiger partial charge in [0.25, 0.3) is 0 Å². The van der Waals surface area contributed by atoms with Crippen molar-refractivity contribution >= 4 is 27.3 Å². The molecule has 1 atom stereocenters. The molecule has 0 spiro atoms. The van der Waals surface area contributed by atoms with E-state index >= 15 is 0 Å². The second kappa shape index (κ2) is 5.41. The largest absolute Gasteiger partial charge is 0.496 e. The van der Waals surface area contributed by atoms with Crippen LogP contribution in [-0.2, 0) is 0 Å². The van der Waals surface area contributed by atoms with Crippen LogP contribution in [0, 0.1) is 19.7 Å². The lowest BCUT2D eigenvalue weighted by Crippen LogP contribution is -1.96. The zero-order valence-corrected chi connectivity index (χ0v) is 12.9. The van der Waals surface area contributed by atoms with Crippen molar-refractivity contribution < 1.29 is 9.13 Å². The summed E-state index contributed by atoms with van der Waals surface area (Å²) in [5.41, 5.74) is 2.08. The lowest BCUT2D eigenvalue weighted by atomic mass is 10.1. The first-order valence-corrected chi connectivity index (χ1v) is 7.30. The molecular weight excluding hydrogens is 315 g/mol. The molecule has 0 amide bonds. The molecule has 2 rings (SSSR count). The third-order valence-corrected chi connectivity index (χ3v) is 5.41. The molecule has 96 valence electrons. The molecular formula is C14H14BrFOS. The Hall–Kier alpha value is -0.870. The number of rotatable bonds is 3. The summed E-state index contributed by atoms with van der Waals surface area (Å²) in [5, 5.41) is 0. The van der Waals surface area contributed by atoms with Gasteiger partial charge in [-0.3, -0.25) is 0 Å². The smallest absolute Gasteiger partial charge is 0.123 e. The van der Waals surface area contributed by atoms with Crippen LogP contribution < -0.4 is 4.74 Å². The highest BCUT2D eigenvalue weighted by Gasteiger charge is 2.18. The average molecular weight is 329 g/mol. The molecule has 0 aliphatic carbocycles. The van der Waals surface area contributed by atoms with Crippen molar-refractivity contribution in [1.29, 1.82) is 0 Å². The molecule has 1 nitrogen and oxygen atoms in total. The highest BCUT2D eigenvalue weighted by molar-refractivity contribution is 9.09. The predicted octanol–water partition coefficient (Wildman–Crippen LogP) is 5.00. The fourth-order valence-corrected chi connectivity index (χ4v) is 3.59. The number of aryl methyl sites for hydroxylation is 2. The van der Waals surface area contributed by atoms with Gasteiger partial charge in [-0.2, -0.15) is 0 Å². The predicted molar refractivity (Wildman–Crippen MR) is 77.5 cm³/mol. The Balaban J connectivity index is 2.44. The molecule has 0 aliphatic rings. The van der Waals surface area contributed by atoms with Gasteiger partial charge in [0.1, 0.15) is 11.6 Å². The first kappa shape index (κ1) is 13.6. The van der Waals surface area contributed by atoms with E-state index in [4.69, 9.17) is 4.74 Å². The van der Waals surface area contributed by atoms with E-state index in [-0.39, 0.29) is 10.6 Å². The zero-order chi connectivity index (χ0) is 13.3. The Labute approximate surface area is 119 Å². The fraction of sp³-hybridized carbons (Fsp3) is 0.286. The van der Waals surface area contributed by atoms with Crippen molar-refractivity contribution in [1.82, 2.24) is 0 Å². The van der Waals surface area contributed by atoms with Crippen molar-refractivity contribution in [2.24, 2.45) is 0 Å². The second-order valence-corrected chi connectivity index (χ2v) is 6.34. The number of benzene rings is 1. The normalized spacial score (nSPS) is 12.5. The Morgan fingerprint density at radius 2 is 2.00 bits per heavy atom. The van der Waals surface area contributed by atoms with Gasteiger partial charge in [-0.15, -0.1) is 11.3 Å². The molecule has 0 N–H and O–H groups in total. The number of hydrogen-bond donors (Lipinski definition) is 0. The Kier molecular flexibility index (Phi) is 4.07. The van der Waals surface area contributed by atoms with Crippen LogP contribution in [-0.4, -0.2) is 7.11 Å². The Morgan fingerprint density at radius 1 is 1.28 bits per heavy atom. The maximum Gasteiger partial charge on any atom is 0.123 e. The first-order chi connectivity index (χ1) is 8.52. The SMILES string of the molecule is COc1ccc(F)cc1C(Br)c1cc(C)c(C)s1. The average Bonchev–Trinajstić information content (AvgIpc) is 2.68. The number of hydrogen-bond acceptors (Lipinski definition) is 2. The zero-order valence-electron chi connectivity index (χ0n) is 10.5. The topological polar surface area (TPSA) is 9.23 Å². The van der Waals surface area contributed by atoms with Crippen LogP contribution in [0.1, 0.15) is 25.7 Å². The van der Waals surface area contributed by atoms with Gasteiger partial charge >= 0.3 is 0 Å². The Bertz CT molecular complexity index is 545. The number of alkyl halides is 1. The number of halogens is 2. The molecule has 0 fully saturated rings. The third kappa shape index (κ3) is 2.59. The minimum Gasteiger partial charge on any atom is -0.496 e. The van der Waals surface area contributed by atoms with E-state index in [1.165, 1.54) is 22.6 Å². The molecule has 1 aromatic heterocycles. The molecule has 0 aliphatic heterocycles. The van der Waals surface area contributed by atoms with E-state index in [9.17, 15) is 4.39 Å². The van der Waals surface area contributed by atoms with Gasteiger partial charge in [-0.1, -0.05) is 15.9 Å². The summed E-state index contributed by atoms with van der Waals surface area (Å²) in [6.07, 6.45) is 0. The third-order valence-electron chi connectivity index (χ3n) is 2.90. The summed E-state index contributed by atoms with van der Waals surface area (Å²) >= 11 is 5.35. The maximum atomic E-state index is 13.4. The summed E-state index contributed by atoms with van der Waals surface area (Å²) in [6.45, 7) is 4.17. The highest BCUT2D eigenvalue weighted by Crippen LogP contribution is 2.40. The molecule has 0 saturated heterocycles. The van der Waals surface area contributed by atoms with Crippen molar-refractivity contribution in [3.05, 3.63) is 51.0 Å². The van der Waals surface area contributed by atoms with Gasteiger partial charge in [0.05, 0.1) is 11.9 Å². The van der Waals surface area contributed by atoms with Crippen LogP contribution in [0.5, 0.6) is 5.75 Å². The molecule has 18 heavy (non-hydrogen) atoms. The van der Waals surface area contributed by atoms with E-state index in [0.717, 1.165) is 10.4 Å². The summed E-state index contributed by atoms with van der Waals surface area (Å²) in [7, 11) is 1.60. The van der Waals surface area contributed by atoms with Crippen LogP contribution in [0.25, 0.3) is 0 Å². The first-order valence-electron chi connectivity index (χ1n) is 5.57. The summed E-state index contributed by atoms with van der Waals surface area (Å²) in [4.78, 5) is 2.40. The van der Waals surface area contributed by atoms with Gasteiger partial charge in [0, 0.05) is 15.3 Å². The lowest BCUT2D eigenvalue weighted by Gasteiger charge is -2.13. The van der Waals surface area contributed by atoms with Crippen LogP contribution >= 0.6 is 27.3 Å². The minimum atomic E-state index is -0.250. The molecule has 1 aromatic carbocycles. The summed E-state index contributed by atoms with van der Waals surface area (Å²) in [5.74, 6) is 0.447. The van der Waals surface area contributed by atoms with Gasteiger partial charge in [0.15, 0.2) is 0 Å². The standard InChI is InChI=1S/C14H14BrFOS/c1-8-6-13(18-9(8)2)14(15)11-7-10(16)4-5-12(11)17-3/h4-7,14H,1-3H3. The van der Waals surface area contributed by atoms with Crippen LogP contribution in [0.4, 0.5) is 4.39 Å². The van der Waals surface area contributed by atoms with Crippen molar-refractivity contribution in [2.75, 3.05) is 7.11 Å². The van der Waals surface area contributed by atoms with Gasteiger partial charge in [-0.05, 0) is 43.7 Å². The number of methoxy groups -OCH3 is 1. The van der Waals surface area contributed by atoms with E-state index in [0.29, 0.717) is 5.75 Å². The van der Waals surface area contributed by atoms with Crippen molar-refractivity contribution in [3.63, 3.8) is 0 Å². The van der Waals surface area contributed by atoms with E-state index in [1.807, 2.05) is 0 Å². The molecule has 4 heteroatoms. The van der Waals surface area contributed by atoms with Gasteiger partial charge in [-0.25, -0.2) is 4.39 Å². The molecule has 0 saturated carbocycles. The molecule has 2 aromatic rings. The van der Waals surface area contributed by atoms with Crippen LogP contribution in [0.2, 0.25) is 0 Å². The summed E-state index contributed by atoms with van der Waals surface area (Å²) < 4.78 is 18.7. The lowest BCUT2D eigenvalue weighted by molar-refractivity contribution is 0.409. The molecule has 0 radical (unpaired) electrons. The minimum absolute atomic E-state index is 0.0412. The van der Waals surface area contributed by atoms with Gasteiger partial charge in [0.2, 0.25) is 0 Å².